The van der Waals surface area contributed by atoms with Gasteiger partial charge in [0.1, 0.15) is 5.82 Å². The Kier molecular flexibility index (Phi) is 2.59. The quantitative estimate of drug-likeness (QED) is 0.734. The number of carbonyl (C=O) groups is 1. The fourth-order valence-electron chi connectivity index (χ4n) is 2.12. The molecule has 0 unspecified atom stereocenters. The Labute approximate surface area is 108 Å². The van der Waals surface area contributed by atoms with Gasteiger partial charge in [-0.2, -0.15) is 0 Å². The van der Waals surface area contributed by atoms with Gasteiger partial charge in [0.2, 0.25) is 0 Å². The summed E-state index contributed by atoms with van der Waals surface area (Å²) >= 11 is 1.49. The summed E-state index contributed by atoms with van der Waals surface area (Å²) in [6.45, 7) is 1.90. The predicted octanol–water partition coefficient (Wildman–Crippen LogP) is 3.41. The molecule has 0 spiro atoms. The molecule has 1 aliphatic rings. The number of thiazole rings is 1. The van der Waals surface area contributed by atoms with E-state index in [-0.39, 0.29) is 11.6 Å². The zero-order valence-electron chi connectivity index (χ0n) is 9.74. The summed E-state index contributed by atoms with van der Waals surface area (Å²) in [7, 11) is 0. The van der Waals surface area contributed by atoms with Crippen LogP contribution in [0.1, 0.15) is 26.5 Å². The molecule has 4 heteroatoms. The highest BCUT2D eigenvalue weighted by atomic mass is 32.1. The third-order valence-corrected chi connectivity index (χ3v) is 3.99. The molecule has 1 aliphatic carbocycles. The number of rotatable bonds is 1. The van der Waals surface area contributed by atoms with Gasteiger partial charge in [0, 0.05) is 23.1 Å². The third-order valence-electron chi connectivity index (χ3n) is 3.11. The third kappa shape index (κ3) is 1.69. The minimum atomic E-state index is -0.301. The highest BCUT2D eigenvalue weighted by Crippen LogP contribution is 2.30. The van der Waals surface area contributed by atoms with Gasteiger partial charge in [-0.1, -0.05) is 12.1 Å². The number of nitrogens with zero attached hydrogens (tertiary/aromatic N) is 1. The van der Waals surface area contributed by atoms with Crippen LogP contribution in [0.2, 0.25) is 0 Å². The Bertz CT molecular complexity index is 672. The van der Waals surface area contributed by atoms with E-state index in [0.29, 0.717) is 23.1 Å². The highest BCUT2D eigenvalue weighted by molar-refractivity contribution is 7.10. The Morgan fingerprint density at radius 3 is 2.94 bits per heavy atom. The molecule has 2 aromatic rings. The summed E-state index contributed by atoms with van der Waals surface area (Å²) in [5, 5.41) is 0. The number of allylic oxidation sites excluding steroid dienone is 1. The summed E-state index contributed by atoms with van der Waals surface area (Å²) in [4.78, 5) is 17.2. The zero-order valence-corrected chi connectivity index (χ0v) is 10.6. The monoisotopic (exact) mass is 259 g/mol. The lowest BCUT2D eigenvalue weighted by molar-refractivity contribution is 0.104. The molecule has 0 saturated heterocycles. The van der Waals surface area contributed by atoms with Gasteiger partial charge >= 0.3 is 0 Å². The second kappa shape index (κ2) is 4.14. The summed E-state index contributed by atoms with van der Waals surface area (Å²) < 4.78 is 13.6. The largest absolute Gasteiger partial charge is 0.289 e. The van der Waals surface area contributed by atoms with Crippen molar-refractivity contribution in [3.8, 4) is 0 Å². The number of aromatic nitrogens is 1. The van der Waals surface area contributed by atoms with Crippen molar-refractivity contribution in [3.63, 3.8) is 0 Å². The normalized spacial score (nSPS) is 16.3. The van der Waals surface area contributed by atoms with Crippen molar-refractivity contribution in [1.82, 2.24) is 4.98 Å². The van der Waals surface area contributed by atoms with E-state index in [9.17, 15) is 9.18 Å². The molecule has 1 heterocycles. The smallest absolute Gasteiger partial charge is 0.189 e. The van der Waals surface area contributed by atoms with Crippen LogP contribution in [0.15, 0.2) is 29.3 Å². The molecule has 1 aromatic heterocycles. The number of hydrogen-bond donors (Lipinski definition) is 0. The van der Waals surface area contributed by atoms with Crippen molar-refractivity contribution < 1.29 is 9.18 Å². The molecule has 0 amide bonds. The molecule has 0 aliphatic heterocycles. The molecule has 0 radical (unpaired) electrons. The van der Waals surface area contributed by atoms with Gasteiger partial charge in [-0.3, -0.25) is 4.79 Å². The molecule has 0 fully saturated rings. The number of hydrogen-bond acceptors (Lipinski definition) is 3. The Morgan fingerprint density at radius 1 is 1.44 bits per heavy atom. The van der Waals surface area contributed by atoms with Gasteiger partial charge in [-0.15, -0.1) is 11.3 Å². The fraction of sp³-hybridized carbons (Fsp3) is 0.143. The van der Waals surface area contributed by atoms with E-state index >= 15 is 0 Å². The van der Waals surface area contributed by atoms with Crippen LogP contribution in [0.3, 0.4) is 0 Å². The van der Waals surface area contributed by atoms with Crippen LogP contribution < -0.4 is 0 Å². The summed E-state index contributed by atoms with van der Waals surface area (Å²) in [6, 6.07) is 4.65. The maximum absolute atomic E-state index is 13.6. The molecule has 0 bridgehead atoms. The number of aryl methyl sites for hydroxylation is 1. The van der Waals surface area contributed by atoms with E-state index in [1.807, 2.05) is 13.0 Å². The minimum absolute atomic E-state index is 0.0719. The molecular weight excluding hydrogens is 249 g/mol. The molecule has 0 atom stereocenters. The Morgan fingerprint density at radius 2 is 2.28 bits per heavy atom. The second-order valence-corrected chi connectivity index (χ2v) is 5.13. The maximum atomic E-state index is 13.6. The van der Waals surface area contributed by atoms with Crippen molar-refractivity contribution in [3.05, 3.63) is 56.8 Å². The minimum Gasteiger partial charge on any atom is -0.289 e. The topological polar surface area (TPSA) is 30.0 Å². The summed E-state index contributed by atoms with van der Waals surface area (Å²) in [6.07, 6.45) is 2.20. The van der Waals surface area contributed by atoms with E-state index in [4.69, 9.17) is 0 Å². The maximum Gasteiger partial charge on any atom is 0.189 e. The van der Waals surface area contributed by atoms with E-state index in [0.717, 1.165) is 10.6 Å². The number of ketones is 1. The lowest BCUT2D eigenvalue weighted by atomic mass is 10.1. The van der Waals surface area contributed by atoms with E-state index < -0.39 is 0 Å². The van der Waals surface area contributed by atoms with Crippen LogP contribution in [0.25, 0.3) is 6.08 Å². The van der Waals surface area contributed by atoms with Crippen molar-refractivity contribution in [2.24, 2.45) is 0 Å². The van der Waals surface area contributed by atoms with Gasteiger partial charge in [0.15, 0.2) is 5.78 Å². The molecule has 0 N–H and O–H groups in total. The van der Waals surface area contributed by atoms with E-state index in [1.54, 1.807) is 17.6 Å². The molecular formula is C14H10FNOS. The van der Waals surface area contributed by atoms with Crippen molar-refractivity contribution in [2.45, 2.75) is 13.3 Å². The van der Waals surface area contributed by atoms with Crippen molar-refractivity contribution in [2.75, 3.05) is 0 Å². The van der Waals surface area contributed by atoms with E-state index in [2.05, 4.69) is 4.98 Å². The van der Waals surface area contributed by atoms with Gasteiger partial charge < -0.3 is 0 Å². The highest BCUT2D eigenvalue weighted by Gasteiger charge is 2.27. The lowest BCUT2D eigenvalue weighted by Gasteiger charge is -1.95. The molecule has 18 heavy (non-hydrogen) atoms. The standard InChI is InChI=1S/C14H10FNOS/c1-8-13(18-7-16-8)6-9-5-11-10(14(9)17)3-2-4-12(11)15/h2-4,6-7H,5H2,1H3/b9-6-. The van der Waals surface area contributed by atoms with Crippen LogP contribution in [0.5, 0.6) is 0 Å². The SMILES string of the molecule is Cc1ncsc1/C=C1/Cc2c(F)cccc2C1=O. The van der Waals surface area contributed by atoms with Gasteiger partial charge in [0.25, 0.3) is 0 Å². The van der Waals surface area contributed by atoms with Crippen LogP contribution in [-0.4, -0.2) is 10.8 Å². The van der Waals surface area contributed by atoms with E-state index in [1.165, 1.54) is 17.4 Å². The number of halogens is 1. The number of carbonyl (C=O) groups excluding carboxylic acids is 1. The average Bonchev–Trinajstić information content (AvgIpc) is 2.88. The lowest BCUT2D eigenvalue weighted by Crippen LogP contribution is -1.95. The molecule has 90 valence electrons. The first-order valence-electron chi connectivity index (χ1n) is 5.59. The zero-order chi connectivity index (χ0) is 12.7. The van der Waals surface area contributed by atoms with Gasteiger partial charge in [0.05, 0.1) is 16.1 Å². The summed E-state index contributed by atoms with van der Waals surface area (Å²) in [5.74, 6) is -0.373. The molecule has 2 nitrogen and oxygen atoms in total. The Hall–Kier alpha value is -1.81. The van der Waals surface area contributed by atoms with Crippen LogP contribution >= 0.6 is 11.3 Å². The molecule has 3 rings (SSSR count). The average molecular weight is 259 g/mol. The van der Waals surface area contributed by atoms with Crippen LogP contribution in [0.4, 0.5) is 4.39 Å². The predicted molar refractivity (Wildman–Crippen MR) is 69.3 cm³/mol. The molecule has 0 saturated carbocycles. The van der Waals surface area contributed by atoms with Gasteiger partial charge in [-0.05, 0) is 19.1 Å². The Balaban J connectivity index is 2.05. The first kappa shape index (κ1) is 11.3. The van der Waals surface area contributed by atoms with Crippen LogP contribution in [0, 0.1) is 12.7 Å². The molecule has 1 aromatic carbocycles. The van der Waals surface area contributed by atoms with Crippen molar-refractivity contribution >= 4 is 23.2 Å². The number of fused-ring (bicyclic) bond motifs is 1. The van der Waals surface area contributed by atoms with Gasteiger partial charge in [-0.25, -0.2) is 9.37 Å². The van der Waals surface area contributed by atoms with Crippen molar-refractivity contribution in [1.29, 1.82) is 0 Å². The number of Topliss-reactive ketones (excluding diaryl/α,β-unsaturated/α-hetero) is 1. The first-order valence-corrected chi connectivity index (χ1v) is 6.47. The second-order valence-electron chi connectivity index (χ2n) is 4.24. The first-order chi connectivity index (χ1) is 8.66. The fourth-order valence-corrected chi connectivity index (χ4v) is 2.88. The van der Waals surface area contributed by atoms with Crippen LogP contribution in [-0.2, 0) is 6.42 Å². The number of benzene rings is 1. The summed E-state index contributed by atoms with van der Waals surface area (Å²) in [5.41, 5.74) is 4.29.